The third-order valence-corrected chi connectivity index (χ3v) is 7.92. The maximum atomic E-state index is 13.4. The van der Waals surface area contributed by atoms with Gasteiger partial charge in [0.2, 0.25) is 0 Å². The first-order valence-electron chi connectivity index (χ1n) is 13.6. The summed E-state index contributed by atoms with van der Waals surface area (Å²) < 4.78 is 49.6. The van der Waals surface area contributed by atoms with Gasteiger partial charge in [0, 0.05) is 62.0 Å². The Hall–Kier alpha value is -4.08. The number of piperazine rings is 1. The standard InChI is InChI=1S/C32H32F3N5O/c1-37-17-19-39(20-18-37)21-27-28(22-7-5-4-6-8-22)36-40-30(24-11-15-26(41-3)16-12-24)29(38(2)31(27)40)23-9-13-25(14-10-23)32(33,34)35/h4-16H,17-21H2,1-3H3. The van der Waals surface area contributed by atoms with Crippen molar-refractivity contribution < 1.29 is 17.9 Å². The number of aromatic nitrogens is 3. The number of rotatable bonds is 6. The minimum Gasteiger partial charge on any atom is -0.497 e. The average Bonchev–Trinajstić information content (AvgIpc) is 3.49. The molecule has 3 heterocycles. The largest absolute Gasteiger partial charge is 0.497 e. The second kappa shape index (κ2) is 10.7. The smallest absolute Gasteiger partial charge is 0.416 e. The molecule has 1 aliphatic heterocycles. The van der Waals surface area contributed by atoms with Gasteiger partial charge in [-0.15, -0.1) is 0 Å². The van der Waals surface area contributed by atoms with Crippen molar-refractivity contribution in [1.82, 2.24) is 24.0 Å². The predicted octanol–water partition coefficient (Wildman–Crippen LogP) is 6.45. The number of alkyl halides is 3. The third-order valence-electron chi connectivity index (χ3n) is 7.92. The van der Waals surface area contributed by atoms with E-state index in [1.165, 1.54) is 0 Å². The van der Waals surface area contributed by atoms with Gasteiger partial charge < -0.3 is 14.2 Å². The van der Waals surface area contributed by atoms with E-state index in [0.29, 0.717) is 12.1 Å². The fraction of sp³-hybridized carbons (Fsp3) is 0.281. The van der Waals surface area contributed by atoms with Crippen molar-refractivity contribution >= 4 is 5.65 Å². The van der Waals surface area contributed by atoms with Crippen LogP contribution in [0.15, 0.2) is 78.9 Å². The lowest BCUT2D eigenvalue weighted by atomic mass is 10.0. The second-order valence-corrected chi connectivity index (χ2v) is 10.6. The van der Waals surface area contributed by atoms with E-state index < -0.39 is 11.7 Å². The second-order valence-electron chi connectivity index (χ2n) is 10.6. The molecule has 0 saturated carbocycles. The highest BCUT2D eigenvalue weighted by Gasteiger charge is 2.31. The molecule has 9 heteroatoms. The molecule has 0 aliphatic carbocycles. The number of methoxy groups -OCH3 is 1. The molecule has 1 fully saturated rings. The Morgan fingerprint density at radius 3 is 1.98 bits per heavy atom. The molecule has 0 radical (unpaired) electrons. The number of fused-ring (bicyclic) bond motifs is 1. The number of hydrogen-bond acceptors (Lipinski definition) is 4. The molecular weight excluding hydrogens is 527 g/mol. The molecule has 3 aromatic carbocycles. The zero-order chi connectivity index (χ0) is 28.7. The lowest BCUT2D eigenvalue weighted by Crippen LogP contribution is -2.43. The van der Waals surface area contributed by atoms with Crippen molar-refractivity contribution in [3.05, 3.63) is 90.0 Å². The number of likely N-dealkylation sites (N-methyl/N-ethyl adjacent to an activating group) is 1. The van der Waals surface area contributed by atoms with Crippen molar-refractivity contribution in [3.8, 4) is 39.5 Å². The summed E-state index contributed by atoms with van der Waals surface area (Å²) in [6.07, 6.45) is -4.40. The van der Waals surface area contributed by atoms with Crippen LogP contribution in [0.25, 0.3) is 39.4 Å². The topological polar surface area (TPSA) is 37.9 Å². The fourth-order valence-corrected chi connectivity index (χ4v) is 5.67. The summed E-state index contributed by atoms with van der Waals surface area (Å²) in [6.45, 7) is 4.60. The summed E-state index contributed by atoms with van der Waals surface area (Å²) in [5.41, 5.74) is 6.45. The van der Waals surface area contributed by atoms with Crippen LogP contribution in [-0.2, 0) is 19.8 Å². The van der Waals surface area contributed by atoms with E-state index in [9.17, 15) is 13.2 Å². The molecule has 0 amide bonds. The third kappa shape index (κ3) is 5.11. The van der Waals surface area contributed by atoms with Crippen LogP contribution < -0.4 is 4.74 Å². The highest BCUT2D eigenvalue weighted by atomic mass is 19.4. The van der Waals surface area contributed by atoms with Crippen LogP contribution in [0.4, 0.5) is 13.2 Å². The molecule has 1 saturated heterocycles. The molecule has 6 rings (SSSR count). The van der Waals surface area contributed by atoms with Crippen molar-refractivity contribution in [2.75, 3.05) is 40.3 Å². The zero-order valence-corrected chi connectivity index (χ0v) is 23.3. The zero-order valence-electron chi connectivity index (χ0n) is 23.3. The molecule has 1 aliphatic rings. The normalized spacial score (nSPS) is 15.1. The summed E-state index contributed by atoms with van der Waals surface area (Å²) in [5, 5.41) is 5.19. The fourth-order valence-electron chi connectivity index (χ4n) is 5.67. The van der Waals surface area contributed by atoms with E-state index in [4.69, 9.17) is 9.84 Å². The van der Waals surface area contributed by atoms with Gasteiger partial charge in [-0.1, -0.05) is 42.5 Å². The van der Waals surface area contributed by atoms with E-state index in [0.717, 1.165) is 83.5 Å². The summed E-state index contributed by atoms with van der Waals surface area (Å²) in [4.78, 5) is 4.77. The van der Waals surface area contributed by atoms with Crippen LogP contribution >= 0.6 is 0 Å². The summed E-state index contributed by atoms with van der Waals surface area (Å²) in [5.74, 6) is 0.721. The van der Waals surface area contributed by atoms with Gasteiger partial charge in [-0.2, -0.15) is 18.3 Å². The van der Waals surface area contributed by atoms with Crippen molar-refractivity contribution in [2.24, 2.45) is 7.05 Å². The lowest BCUT2D eigenvalue weighted by Gasteiger charge is -2.32. The van der Waals surface area contributed by atoms with E-state index in [1.807, 2.05) is 54.0 Å². The molecule has 0 bridgehead atoms. The lowest BCUT2D eigenvalue weighted by molar-refractivity contribution is -0.137. The van der Waals surface area contributed by atoms with Crippen LogP contribution in [-0.4, -0.2) is 64.3 Å². The highest BCUT2D eigenvalue weighted by Crippen LogP contribution is 2.40. The number of benzene rings is 3. The molecule has 0 N–H and O–H groups in total. The quantitative estimate of drug-likeness (QED) is 0.240. The molecule has 6 nitrogen and oxygen atoms in total. The minimum atomic E-state index is -4.40. The van der Waals surface area contributed by atoms with E-state index in [2.05, 4.69) is 33.5 Å². The number of hydrogen-bond donors (Lipinski definition) is 0. The van der Waals surface area contributed by atoms with Crippen LogP contribution in [0.2, 0.25) is 0 Å². The Morgan fingerprint density at radius 1 is 0.756 bits per heavy atom. The summed E-state index contributed by atoms with van der Waals surface area (Å²) in [6, 6.07) is 23.2. The Morgan fingerprint density at radius 2 is 1.37 bits per heavy atom. The molecule has 212 valence electrons. The Bertz CT molecular complexity index is 1650. The maximum absolute atomic E-state index is 13.4. The van der Waals surface area contributed by atoms with Gasteiger partial charge in [0.1, 0.15) is 11.4 Å². The number of aryl methyl sites for hydroxylation is 1. The summed E-state index contributed by atoms with van der Waals surface area (Å²) in [7, 11) is 5.73. The van der Waals surface area contributed by atoms with E-state index in [-0.39, 0.29) is 0 Å². The number of halogens is 3. The molecule has 0 unspecified atom stereocenters. The Labute approximate surface area is 237 Å². The first-order valence-corrected chi connectivity index (χ1v) is 13.6. The van der Waals surface area contributed by atoms with Crippen molar-refractivity contribution in [2.45, 2.75) is 12.7 Å². The maximum Gasteiger partial charge on any atom is 0.416 e. The monoisotopic (exact) mass is 559 g/mol. The van der Waals surface area contributed by atoms with Crippen LogP contribution in [0.5, 0.6) is 5.75 Å². The Kier molecular flexibility index (Phi) is 7.09. The van der Waals surface area contributed by atoms with Crippen LogP contribution in [0, 0.1) is 0 Å². The van der Waals surface area contributed by atoms with Gasteiger partial charge in [-0.3, -0.25) is 4.90 Å². The minimum absolute atomic E-state index is 0.673. The van der Waals surface area contributed by atoms with Gasteiger partial charge in [0.15, 0.2) is 0 Å². The molecule has 5 aromatic rings. The SMILES string of the molecule is COc1ccc(-c2c(-c3ccc(C(F)(F)F)cc3)n(C)c3c(CN4CCN(C)CC4)c(-c4ccccc4)nn23)cc1. The van der Waals surface area contributed by atoms with Crippen LogP contribution in [0.1, 0.15) is 11.1 Å². The van der Waals surface area contributed by atoms with Gasteiger partial charge in [-0.05, 0) is 43.4 Å². The van der Waals surface area contributed by atoms with Gasteiger partial charge in [0.05, 0.1) is 29.8 Å². The van der Waals surface area contributed by atoms with Gasteiger partial charge in [0.25, 0.3) is 0 Å². The highest BCUT2D eigenvalue weighted by molar-refractivity contribution is 5.86. The Balaban J connectivity index is 1.59. The van der Waals surface area contributed by atoms with Crippen molar-refractivity contribution in [1.29, 1.82) is 0 Å². The first-order chi connectivity index (χ1) is 19.7. The molecule has 0 atom stereocenters. The van der Waals surface area contributed by atoms with E-state index >= 15 is 0 Å². The predicted molar refractivity (Wildman–Crippen MR) is 155 cm³/mol. The van der Waals surface area contributed by atoms with Gasteiger partial charge in [-0.25, -0.2) is 4.52 Å². The number of imidazole rings is 1. The van der Waals surface area contributed by atoms with Crippen LogP contribution in [0.3, 0.4) is 0 Å². The number of nitrogens with zero attached hydrogens (tertiary/aromatic N) is 5. The molecular formula is C32H32F3N5O. The molecule has 2 aromatic heterocycles. The van der Waals surface area contributed by atoms with E-state index in [1.54, 1.807) is 19.2 Å². The van der Waals surface area contributed by atoms with Gasteiger partial charge >= 0.3 is 6.18 Å². The average molecular weight is 560 g/mol. The molecule has 41 heavy (non-hydrogen) atoms. The number of ether oxygens (including phenoxy) is 1. The molecule has 0 spiro atoms. The summed E-state index contributed by atoms with van der Waals surface area (Å²) >= 11 is 0. The first kappa shape index (κ1) is 27.1. The van der Waals surface area contributed by atoms with Crippen molar-refractivity contribution in [3.63, 3.8) is 0 Å².